The van der Waals surface area contributed by atoms with Gasteiger partial charge < -0.3 is 10.1 Å². The maximum absolute atomic E-state index is 12.0. The first-order chi connectivity index (χ1) is 7.60. The number of fused-ring (bicyclic) bond motifs is 1. The molecule has 1 N–H and O–H groups in total. The summed E-state index contributed by atoms with van der Waals surface area (Å²) in [7, 11) is 0.140. The summed E-state index contributed by atoms with van der Waals surface area (Å²) in [6.45, 7) is 0. The fourth-order valence-corrected chi connectivity index (χ4v) is 3.91. The Morgan fingerprint density at radius 3 is 2.81 bits per heavy atom. The van der Waals surface area contributed by atoms with Crippen molar-refractivity contribution < 1.29 is 13.2 Å². The van der Waals surface area contributed by atoms with Gasteiger partial charge in [-0.25, -0.2) is 8.42 Å². The molecule has 0 radical (unpaired) electrons. The second-order valence-corrected chi connectivity index (χ2v) is 5.87. The van der Waals surface area contributed by atoms with Crippen LogP contribution in [-0.2, 0) is 9.84 Å². The standard InChI is InChI=1S/C11H15NO3S/c1-12-9-6-7-16(13,14)11-8(9)4-3-5-10(11)15-2/h3-5,9,12H,6-7H2,1-2H3. The number of benzene rings is 1. The number of methoxy groups -OCH3 is 1. The van der Waals surface area contributed by atoms with Gasteiger partial charge in [-0.15, -0.1) is 0 Å². The largest absolute Gasteiger partial charge is 0.495 e. The van der Waals surface area contributed by atoms with E-state index in [0.717, 1.165) is 5.56 Å². The minimum atomic E-state index is -3.19. The lowest BCUT2D eigenvalue weighted by atomic mass is 10.0. The Balaban J connectivity index is 2.69. The molecule has 4 nitrogen and oxygen atoms in total. The van der Waals surface area contributed by atoms with Gasteiger partial charge in [-0.1, -0.05) is 12.1 Å². The molecule has 16 heavy (non-hydrogen) atoms. The minimum absolute atomic E-state index is 0.0913. The van der Waals surface area contributed by atoms with Crippen LogP contribution in [0.15, 0.2) is 23.1 Å². The van der Waals surface area contributed by atoms with E-state index in [1.54, 1.807) is 6.07 Å². The molecule has 88 valence electrons. The van der Waals surface area contributed by atoms with Crippen LogP contribution in [0.1, 0.15) is 18.0 Å². The van der Waals surface area contributed by atoms with Gasteiger partial charge in [0.2, 0.25) is 0 Å². The highest BCUT2D eigenvalue weighted by Gasteiger charge is 2.32. The molecule has 1 aromatic rings. The molecule has 0 saturated carbocycles. The van der Waals surface area contributed by atoms with E-state index in [4.69, 9.17) is 4.74 Å². The quantitative estimate of drug-likeness (QED) is 0.843. The molecule has 5 heteroatoms. The zero-order chi connectivity index (χ0) is 11.8. The Kier molecular flexibility index (Phi) is 2.90. The predicted molar refractivity (Wildman–Crippen MR) is 61.5 cm³/mol. The summed E-state index contributed by atoms with van der Waals surface area (Å²) in [5, 5.41) is 3.13. The number of rotatable bonds is 2. The van der Waals surface area contributed by atoms with Crippen LogP contribution in [0.4, 0.5) is 0 Å². The molecule has 2 rings (SSSR count). The zero-order valence-electron chi connectivity index (χ0n) is 9.36. The smallest absolute Gasteiger partial charge is 0.182 e. The van der Waals surface area contributed by atoms with E-state index < -0.39 is 9.84 Å². The topological polar surface area (TPSA) is 55.4 Å². The van der Waals surface area contributed by atoms with E-state index in [-0.39, 0.29) is 11.8 Å². The van der Waals surface area contributed by atoms with Crippen molar-refractivity contribution in [1.82, 2.24) is 5.32 Å². The fraction of sp³-hybridized carbons (Fsp3) is 0.455. The van der Waals surface area contributed by atoms with Gasteiger partial charge in [0.15, 0.2) is 9.84 Å². The summed E-state index contributed by atoms with van der Waals surface area (Å²) in [6.07, 6.45) is 0.610. The highest BCUT2D eigenvalue weighted by molar-refractivity contribution is 7.91. The summed E-state index contributed by atoms with van der Waals surface area (Å²) in [5.74, 6) is 0.615. The zero-order valence-corrected chi connectivity index (χ0v) is 10.2. The molecule has 1 atom stereocenters. The molecule has 0 spiro atoms. The third-order valence-corrected chi connectivity index (χ3v) is 4.77. The van der Waals surface area contributed by atoms with Crippen LogP contribution in [-0.4, -0.2) is 28.3 Å². The van der Waals surface area contributed by atoms with Gasteiger partial charge in [0.25, 0.3) is 0 Å². The summed E-state index contributed by atoms with van der Waals surface area (Å²) in [6, 6.07) is 5.45. The first-order valence-electron chi connectivity index (χ1n) is 5.17. The molecule has 0 amide bonds. The number of hydrogen-bond acceptors (Lipinski definition) is 4. The number of nitrogens with one attached hydrogen (secondary N) is 1. The third-order valence-electron chi connectivity index (χ3n) is 2.94. The van der Waals surface area contributed by atoms with E-state index >= 15 is 0 Å². The minimum Gasteiger partial charge on any atom is -0.495 e. The SMILES string of the molecule is CNC1CCS(=O)(=O)c2c(OC)cccc21. The van der Waals surface area contributed by atoms with Gasteiger partial charge in [-0.2, -0.15) is 0 Å². The van der Waals surface area contributed by atoms with Gasteiger partial charge in [-0.05, 0) is 25.1 Å². The molecule has 0 saturated heterocycles. The average Bonchev–Trinajstić information content (AvgIpc) is 2.28. The van der Waals surface area contributed by atoms with Crippen LogP contribution in [0.2, 0.25) is 0 Å². The molecule has 0 aliphatic carbocycles. The summed E-state index contributed by atoms with van der Waals surface area (Å²) in [4.78, 5) is 0.350. The summed E-state index contributed by atoms with van der Waals surface area (Å²) < 4.78 is 29.1. The van der Waals surface area contributed by atoms with Crippen molar-refractivity contribution in [3.05, 3.63) is 23.8 Å². The fourth-order valence-electron chi connectivity index (χ4n) is 2.13. The Bertz CT molecular complexity index is 496. The Morgan fingerprint density at radius 1 is 1.44 bits per heavy atom. The molecule has 1 aromatic carbocycles. The van der Waals surface area contributed by atoms with E-state index in [9.17, 15) is 8.42 Å². The second-order valence-electron chi connectivity index (χ2n) is 3.83. The van der Waals surface area contributed by atoms with Crippen molar-refractivity contribution in [3.63, 3.8) is 0 Å². The van der Waals surface area contributed by atoms with Gasteiger partial charge in [-0.3, -0.25) is 0 Å². The molecular formula is C11H15NO3S. The Labute approximate surface area is 95.5 Å². The van der Waals surface area contributed by atoms with Gasteiger partial charge in [0.05, 0.1) is 12.9 Å². The van der Waals surface area contributed by atoms with Crippen LogP contribution in [0.3, 0.4) is 0 Å². The molecule has 0 bridgehead atoms. The normalized spacial score (nSPS) is 22.5. The molecule has 1 heterocycles. The van der Waals surface area contributed by atoms with Crippen LogP contribution in [0.25, 0.3) is 0 Å². The molecule has 1 aliphatic rings. The van der Waals surface area contributed by atoms with Crippen molar-refractivity contribution >= 4 is 9.84 Å². The van der Waals surface area contributed by atoms with Crippen LogP contribution >= 0.6 is 0 Å². The lowest BCUT2D eigenvalue weighted by Gasteiger charge is -2.26. The van der Waals surface area contributed by atoms with Gasteiger partial charge >= 0.3 is 0 Å². The first-order valence-corrected chi connectivity index (χ1v) is 6.82. The van der Waals surface area contributed by atoms with Crippen molar-refractivity contribution in [3.8, 4) is 5.75 Å². The third kappa shape index (κ3) is 1.70. The maximum atomic E-state index is 12.0. The van der Waals surface area contributed by atoms with Crippen molar-refractivity contribution in [1.29, 1.82) is 0 Å². The summed E-state index contributed by atoms with van der Waals surface area (Å²) in [5.41, 5.74) is 0.813. The Hall–Kier alpha value is -1.07. The van der Waals surface area contributed by atoms with Crippen molar-refractivity contribution in [2.45, 2.75) is 17.4 Å². The van der Waals surface area contributed by atoms with Gasteiger partial charge in [0.1, 0.15) is 10.6 Å². The van der Waals surface area contributed by atoms with Crippen LogP contribution in [0, 0.1) is 0 Å². The number of hydrogen-bond donors (Lipinski definition) is 1. The highest BCUT2D eigenvalue weighted by atomic mass is 32.2. The predicted octanol–water partition coefficient (Wildman–Crippen LogP) is 1.13. The highest BCUT2D eigenvalue weighted by Crippen LogP contribution is 2.37. The lowest BCUT2D eigenvalue weighted by Crippen LogP contribution is -2.27. The number of sulfone groups is 1. The average molecular weight is 241 g/mol. The van der Waals surface area contributed by atoms with Gasteiger partial charge in [0, 0.05) is 6.04 Å². The summed E-state index contributed by atoms with van der Waals surface area (Å²) >= 11 is 0. The van der Waals surface area contributed by atoms with Crippen LogP contribution < -0.4 is 10.1 Å². The maximum Gasteiger partial charge on any atom is 0.182 e. The van der Waals surface area contributed by atoms with Crippen molar-refractivity contribution in [2.75, 3.05) is 19.9 Å². The number of ether oxygens (including phenoxy) is 1. The van der Waals surface area contributed by atoms with Crippen LogP contribution in [0.5, 0.6) is 5.75 Å². The molecular weight excluding hydrogens is 226 g/mol. The Morgan fingerprint density at radius 2 is 2.19 bits per heavy atom. The molecule has 0 aromatic heterocycles. The van der Waals surface area contributed by atoms with E-state index in [1.807, 2.05) is 19.2 Å². The molecule has 1 aliphatic heterocycles. The second kappa shape index (κ2) is 4.07. The molecule has 1 unspecified atom stereocenters. The first kappa shape index (κ1) is 11.4. The molecule has 0 fully saturated rings. The van der Waals surface area contributed by atoms with E-state index in [1.165, 1.54) is 7.11 Å². The van der Waals surface area contributed by atoms with Crippen molar-refractivity contribution in [2.24, 2.45) is 0 Å². The lowest BCUT2D eigenvalue weighted by molar-refractivity contribution is 0.397. The van der Waals surface area contributed by atoms with E-state index in [2.05, 4.69) is 5.32 Å². The van der Waals surface area contributed by atoms with E-state index in [0.29, 0.717) is 17.1 Å². The monoisotopic (exact) mass is 241 g/mol.